The molecule has 0 saturated carbocycles. The topological polar surface area (TPSA) is 72.6 Å². The van der Waals surface area contributed by atoms with Crippen LogP contribution < -0.4 is 5.73 Å². The number of carbonyl (C=O) groups excluding carboxylic acids is 2. The SMILES string of the molecule is Nc1cccc2cccc(C(=O)OCC(=O)N3CCc4ccccc4C3)c12. The van der Waals surface area contributed by atoms with Gasteiger partial charge in [-0.2, -0.15) is 0 Å². The smallest absolute Gasteiger partial charge is 0.339 e. The Labute approximate surface area is 157 Å². The molecule has 0 radical (unpaired) electrons. The Kier molecular flexibility index (Phi) is 4.50. The van der Waals surface area contributed by atoms with E-state index in [2.05, 4.69) is 6.07 Å². The number of amides is 1. The highest BCUT2D eigenvalue weighted by Crippen LogP contribution is 2.25. The maximum atomic E-state index is 12.5. The minimum Gasteiger partial charge on any atom is -0.452 e. The average molecular weight is 360 g/mol. The van der Waals surface area contributed by atoms with Crippen molar-refractivity contribution in [1.82, 2.24) is 4.90 Å². The van der Waals surface area contributed by atoms with Gasteiger partial charge in [-0.25, -0.2) is 4.79 Å². The molecular weight excluding hydrogens is 340 g/mol. The van der Waals surface area contributed by atoms with Crippen LogP contribution in [-0.2, 0) is 22.5 Å². The number of hydrogen-bond acceptors (Lipinski definition) is 4. The molecule has 3 aromatic carbocycles. The lowest BCUT2D eigenvalue weighted by atomic mass is 10.00. The van der Waals surface area contributed by atoms with Crippen LogP contribution in [0.3, 0.4) is 0 Å². The Morgan fingerprint density at radius 3 is 2.52 bits per heavy atom. The molecule has 27 heavy (non-hydrogen) atoms. The van der Waals surface area contributed by atoms with E-state index in [0.717, 1.165) is 17.4 Å². The van der Waals surface area contributed by atoms with Gasteiger partial charge in [0.15, 0.2) is 6.61 Å². The lowest BCUT2D eigenvalue weighted by Gasteiger charge is -2.28. The number of nitrogens with zero attached hydrogens (tertiary/aromatic N) is 1. The van der Waals surface area contributed by atoms with Crippen LogP contribution in [0.25, 0.3) is 10.8 Å². The standard InChI is InChI=1S/C22H20N2O3/c23-19-10-4-8-16-7-3-9-18(21(16)19)22(26)27-14-20(25)24-12-11-15-5-1-2-6-17(15)13-24/h1-10H,11-14,23H2. The number of rotatable bonds is 3. The molecule has 5 nitrogen and oxygen atoms in total. The van der Waals surface area contributed by atoms with Crippen LogP contribution in [0, 0.1) is 0 Å². The van der Waals surface area contributed by atoms with Gasteiger partial charge in [0.2, 0.25) is 0 Å². The van der Waals surface area contributed by atoms with Gasteiger partial charge >= 0.3 is 5.97 Å². The predicted molar refractivity (Wildman–Crippen MR) is 104 cm³/mol. The molecule has 1 aliphatic heterocycles. The number of anilines is 1. The highest BCUT2D eigenvalue weighted by atomic mass is 16.5. The number of fused-ring (bicyclic) bond motifs is 2. The van der Waals surface area contributed by atoms with Crippen molar-refractivity contribution in [2.24, 2.45) is 0 Å². The van der Waals surface area contributed by atoms with E-state index in [4.69, 9.17) is 10.5 Å². The van der Waals surface area contributed by atoms with Gasteiger partial charge in [0, 0.05) is 24.2 Å². The van der Waals surface area contributed by atoms with Crippen molar-refractivity contribution in [3.8, 4) is 0 Å². The fourth-order valence-electron chi connectivity index (χ4n) is 3.55. The fourth-order valence-corrected chi connectivity index (χ4v) is 3.55. The Balaban J connectivity index is 1.45. The van der Waals surface area contributed by atoms with Gasteiger partial charge in [0.1, 0.15) is 0 Å². The molecule has 1 amide bonds. The van der Waals surface area contributed by atoms with Gasteiger partial charge in [0.25, 0.3) is 5.91 Å². The first-order chi connectivity index (χ1) is 13.1. The average Bonchev–Trinajstić information content (AvgIpc) is 2.71. The van der Waals surface area contributed by atoms with E-state index in [9.17, 15) is 9.59 Å². The van der Waals surface area contributed by atoms with E-state index in [1.54, 1.807) is 23.1 Å². The van der Waals surface area contributed by atoms with Crippen LogP contribution in [0.15, 0.2) is 60.7 Å². The third-order valence-electron chi connectivity index (χ3n) is 4.97. The van der Waals surface area contributed by atoms with Crippen molar-refractivity contribution >= 4 is 28.3 Å². The molecule has 1 heterocycles. The summed E-state index contributed by atoms with van der Waals surface area (Å²) in [6, 6.07) is 18.9. The number of hydrogen-bond donors (Lipinski definition) is 1. The summed E-state index contributed by atoms with van der Waals surface area (Å²) < 4.78 is 5.31. The van der Waals surface area contributed by atoms with Gasteiger partial charge in [0.05, 0.1) is 5.56 Å². The largest absolute Gasteiger partial charge is 0.452 e. The van der Waals surface area contributed by atoms with E-state index in [1.165, 1.54) is 5.56 Å². The molecule has 0 unspecified atom stereocenters. The number of nitrogens with two attached hydrogens (primary N) is 1. The molecule has 3 aromatic rings. The molecule has 0 saturated heterocycles. The second-order valence-corrected chi connectivity index (χ2v) is 6.66. The van der Waals surface area contributed by atoms with Crippen molar-refractivity contribution in [2.75, 3.05) is 18.9 Å². The molecule has 0 spiro atoms. The molecule has 136 valence electrons. The molecule has 0 atom stereocenters. The van der Waals surface area contributed by atoms with Gasteiger partial charge in [-0.3, -0.25) is 4.79 Å². The summed E-state index contributed by atoms with van der Waals surface area (Å²) >= 11 is 0. The zero-order chi connectivity index (χ0) is 18.8. The zero-order valence-electron chi connectivity index (χ0n) is 14.9. The van der Waals surface area contributed by atoms with Crippen molar-refractivity contribution in [1.29, 1.82) is 0 Å². The third-order valence-corrected chi connectivity index (χ3v) is 4.97. The zero-order valence-corrected chi connectivity index (χ0v) is 14.9. The fraction of sp³-hybridized carbons (Fsp3) is 0.182. The van der Waals surface area contributed by atoms with E-state index >= 15 is 0 Å². The molecule has 0 aliphatic carbocycles. The van der Waals surface area contributed by atoms with Gasteiger partial charge in [-0.1, -0.05) is 48.5 Å². The van der Waals surface area contributed by atoms with E-state index < -0.39 is 5.97 Å². The molecule has 0 aromatic heterocycles. The normalized spacial score (nSPS) is 13.3. The van der Waals surface area contributed by atoms with E-state index in [1.807, 2.05) is 36.4 Å². The molecule has 0 bridgehead atoms. The van der Waals surface area contributed by atoms with Crippen LogP contribution in [0.4, 0.5) is 5.69 Å². The van der Waals surface area contributed by atoms with Crippen molar-refractivity contribution < 1.29 is 14.3 Å². The Bertz CT molecular complexity index is 1020. The highest BCUT2D eigenvalue weighted by molar-refractivity contribution is 6.09. The van der Waals surface area contributed by atoms with E-state index in [-0.39, 0.29) is 12.5 Å². The van der Waals surface area contributed by atoms with Crippen LogP contribution in [0.1, 0.15) is 21.5 Å². The minimum absolute atomic E-state index is 0.189. The highest BCUT2D eigenvalue weighted by Gasteiger charge is 2.22. The minimum atomic E-state index is -0.538. The Morgan fingerprint density at radius 2 is 1.70 bits per heavy atom. The first-order valence-electron chi connectivity index (χ1n) is 8.92. The second kappa shape index (κ2) is 7.11. The molecule has 5 heteroatoms. The summed E-state index contributed by atoms with van der Waals surface area (Å²) in [5, 5.41) is 1.52. The van der Waals surface area contributed by atoms with Crippen LogP contribution >= 0.6 is 0 Å². The summed E-state index contributed by atoms with van der Waals surface area (Å²) in [6.07, 6.45) is 0.815. The number of benzene rings is 3. The number of carbonyl (C=O) groups is 2. The third kappa shape index (κ3) is 3.36. The van der Waals surface area contributed by atoms with Crippen molar-refractivity contribution in [2.45, 2.75) is 13.0 Å². The summed E-state index contributed by atoms with van der Waals surface area (Å²) in [5.41, 5.74) is 9.33. The summed E-state index contributed by atoms with van der Waals surface area (Å²) in [6.45, 7) is 0.909. The van der Waals surface area contributed by atoms with Gasteiger partial charge in [-0.05, 0) is 35.1 Å². The first-order valence-corrected chi connectivity index (χ1v) is 8.92. The van der Waals surface area contributed by atoms with Crippen LogP contribution in [0.2, 0.25) is 0 Å². The molecular formula is C22H20N2O3. The number of nitrogen functional groups attached to an aromatic ring is 1. The van der Waals surface area contributed by atoms with Crippen LogP contribution in [-0.4, -0.2) is 29.9 Å². The first kappa shape index (κ1) is 17.1. The van der Waals surface area contributed by atoms with Crippen molar-refractivity contribution in [3.05, 3.63) is 77.4 Å². The number of esters is 1. The molecule has 0 fully saturated rings. The molecule has 1 aliphatic rings. The lowest BCUT2D eigenvalue weighted by Crippen LogP contribution is -2.38. The predicted octanol–water partition coefficient (Wildman–Crippen LogP) is 3.16. The van der Waals surface area contributed by atoms with E-state index in [0.29, 0.717) is 29.7 Å². The molecule has 2 N–H and O–H groups in total. The van der Waals surface area contributed by atoms with Gasteiger partial charge in [-0.15, -0.1) is 0 Å². The second-order valence-electron chi connectivity index (χ2n) is 6.66. The van der Waals surface area contributed by atoms with Gasteiger partial charge < -0.3 is 15.4 Å². The molecule has 4 rings (SSSR count). The lowest BCUT2D eigenvalue weighted by molar-refractivity contribution is -0.135. The summed E-state index contributed by atoms with van der Waals surface area (Å²) in [4.78, 5) is 26.8. The Morgan fingerprint density at radius 1 is 0.963 bits per heavy atom. The monoisotopic (exact) mass is 360 g/mol. The van der Waals surface area contributed by atoms with Crippen molar-refractivity contribution in [3.63, 3.8) is 0 Å². The summed E-state index contributed by atoms with van der Waals surface area (Å²) in [7, 11) is 0. The summed E-state index contributed by atoms with van der Waals surface area (Å²) in [5.74, 6) is -0.727. The van der Waals surface area contributed by atoms with Crippen LogP contribution in [0.5, 0.6) is 0 Å². The quantitative estimate of drug-likeness (QED) is 0.575. The maximum absolute atomic E-state index is 12.5. The Hall–Kier alpha value is -3.34. The maximum Gasteiger partial charge on any atom is 0.339 e. The number of ether oxygens (including phenoxy) is 1.